The van der Waals surface area contributed by atoms with E-state index < -0.39 is 18.2 Å². The van der Waals surface area contributed by atoms with Crippen LogP contribution in [0.5, 0.6) is 0 Å². The van der Waals surface area contributed by atoms with E-state index in [9.17, 15) is 9.59 Å². The van der Waals surface area contributed by atoms with Crippen LogP contribution in [0.3, 0.4) is 0 Å². The molecule has 0 saturated carbocycles. The van der Waals surface area contributed by atoms with E-state index in [0.717, 1.165) is 0 Å². The van der Waals surface area contributed by atoms with Crippen LogP contribution in [0.1, 0.15) is 30.1 Å². The first kappa shape index (κ1) is 16.6. The first-order chi connectivity index (χ1) is 8.88. The van der Waals surface area contributed by atoms with E-state index in [1.54, 1.807) is 0 Å². The smallest absolute Gasteiger partial charge is 0.313 e. The fraction of sp³-hybridized carbons (Fsp3) is 0.333. The Balaban J connectivity index is 2.92. The van der Waals surface area contributed by atoms with Gasteiger partial charge in [-0.2, -0.15) is 0 Å². The van der Waals surface area contributed by atoms with Gasteiger partial charge in [-0.3, -0.25) is 9.59 Å². The molecule has 0 aromatic heterocycles. The molecule has 0 aliphatic rings. The summed E-state index contributed by atoms with van der Waals surface area (Å²) in [5.74, 6) is -1.14. The van der Waals surface area contributed by atoms with Gasteiger partial charge in [0.2, 0.25) is 0 Å². The highest BCUT2D eigenvalue weighted by atomic mass is 35.5. The minimum absolute atomic E-state index is 0.0129. The first-order valence-electron chi connectivity index (χ1n) is 5.40. The number of ether oxygens (including phenoxy) is 1. The largest absolute Gasteiger partial charge is 0.465 e. The normalized spacial score (nSPS) is 10.4. The quantitative estimate of drug-likeness (QED) is 0.253. The van der Waals surface area contributed by atoms with E-state index in [1.807, 2.05) is 6.92 Å². The zero-order chi connectivity index (χ0) is 14.6. The number of ketones is 1. The molecule has 0 spiro atoms. The predicted molar refractivity (Wildman–Crippen MR) is 76.7 cm³/mol. The third-order valence-electron chi connectivity index (χ3n) is 2.18. The number of Topliss-reactive ketones (excluding diaryl/α,β-unsaturated/α-hetero) is 1. The van der Waals surface area contributed by atoms with E-state index in [1.165, 1.54) is 6.07 Å². The topological polar surface area (TPSA) is 43.4 Å². The maximum atomic E-state index is 11.9. The number of benzene rings is 1. The van der Waals surface area contributed by atoms with Crippen molar-refractivity contribution in [2.45, 2.75) is 19.8 Å². The lowest BCUT2D eigenvalue weighted by Gasteiger charge is -2.08. The highest BCUT2D eigenvalue weighted by Gasteiger charge is 2.20. The zero-order valence-corrected chi connectivity index (χ0v) is 13.0. The Morgan fingerprint density at radius 2 is 1.74 bits per heavy atom. The number of carbonyl (C=O) groups excluding carboxylic acids is 2. The second kappa shape index (κ2) is 7.34. The molecule has 0 amide bonds. The van der Waals surface area contributed by atoms with Crippen LogP contribution in [0.15, 0.2) is 6.07 Å². The summed E-state index contributed by atoms with van der Waals surface area (Å²) in [4.78, 5) is 23.3. The molecule has 104 valence electrons. The van der Waals surface area contributed by atoms with Crippen LogP contribution >= 0.6 is 46.4 Å². The molecule has 0 heterocycles. The van der Waals surface area contributed by atoms with Gasteiger partial charge in [-0.25, -0.2) is 0 Å². The number of carbonyl (C=O) groups is 2. The van der Waals surface area contributed by atoms with Crippen LogP contribution in [-0.2, 0) is 9.53 Å². The standard InChI is InChI=1S/C12H10Cl4O3/c1-2-3-19-9(18)5-8(17)6-4-7(13)11(15)12(16)10(6)14/h4H,2-3,5H2,1H3. The summed E-state index contributed by atoms with van der Waals surface area (Å²) in [6.07, 6.45) is 0.257. The maximum absolute atomic E-state index is 11.9. The summed E-state index contributed by atoms with van der Waals surface area (Å²) in [5, 5.41) is 0.130. The summed E-state index contributed by atoms with van der Waals surface area (Å²) in [5.41, 5.74) is 0.0505. The van der Waals surface area contributed by atoms with Crippen molar-refractivity contribution in [3.8, 4) is 0 Å². The van der Waals surface area contributed by atoms with Crippen LogP contribution in [-0.4, -0.2) is 18.4 Å². The van der Waals surface area contributed by atoms with Gasteiger partial charge in [0.1, 0.15) is 6.42 Å². The number of rotatable bonds is 5. The molecule has 0 bridgehead atoms. The van der Waals surface area contributed by atoms with Gasteiger partial charge in [-0.05, 0) is 12.5 Å². The lowest BCUT2D eigenvalue weighted by atomic mass is 10.1. The third-order valence-corrected chi connectivity index (χ3v) is 3.93. The van der Waals surface area contributed by atoms with Gasteiger partial charge in [0, 0.05) is 5.56 Å². The fourth-order valence-corrected chi connectivity index (χ4v) is 2.18. The van der Waals surface area contributed by atoms with Crippen molar-refractivity contribution in [1.29, 1.82) is 0 Å². The molecule has 0 atom stereocenters. The lowest BCUT2D eigenvalue weighted by Crippen LogP contribution is -2.12. The van der Waals surface area contributed by atoms with Crippen LogP contribution in [0.2, 0.25) is 20.1 Å². The van der Waals surface area contributed by atoms with Gasteiger partial charge >= 0.3 is 5.97 Å². The lowest BCUT2D eigenvalue weighted by molar-refractivity contribution is -0.142. The van der Waals surface area contributed by atoms with Gasteiger partial charge in [-0.15, -0.1) is 0 Å². The van der Waals surface area contributed by atoms with Gasteiger partial charge in [0.15, 0.2) is 5.78 Å². The second-order valence-electron chi connectivity index (χ2n) is 3.67. The van der Waals surface area contributed by atoms with Crippen molar-refractivity contribution in [2.75, 3.05) is 6.61 Å². The molecule has 0 radical (unpaired) electrons. The molecule has 0 unspecified atom stereocenters. The number of esters is 1. The zero-order valence-electron chi connectivity index (χ0n) is 9.94. The van der Waals surface area contributed by atoms with E-state index in [0.29, 0.717) is 6.42 Å². The summed E-state index contributed by atoms with van der Waals surface area (Å²) in [6.45, 7) is 2.12. The molecule has 1 aromatic carbocycles. The van der Waals surface area contributed by atoms with Crippen molar-refractivity contribution in [3.63, 3.8) is 0 Å². The SMILES string of the molecule is CCCOC(=O)CC(=O)c1cc(Cl)c(Cl)c(Cl)c1Cl. The summed E-state index contributed by atoms with van der Waals surface area (Å²) < 4.78 is 4.81. The second-order valence-corrected chi connectivity index (χ2v) is 5.21. The van der Waals surface area contributed by atoms with Crippen LogP contribution in [0, 0.1) is 0 Å². The third kappa shape index (κ3) is 4.25. The Hall–Kier alpha value is -0.480. The molecule has 0 N–H and O–H groups in total. The fourth-order valence-electron chi connectivity index (χ4n) is 1.27. The molecule has 1 aromatic rings. The van der Waals surface area contributed by atoms with Gasteiger partial charge in [-0.1, -0.05) is 53.3 Å². The summed E-state index contributed by atoms with van der Waals surface area (Å²) in [7, 11) is 0. The van der Waals surface area contributed by atoms with Crippen molar-refractivity contribution >= 4 is 58.2 Å². The molecule has 19 heavy (non-hydrogen) atoms. The van der Waals surface area contributed by atoms with Crippen molar-refractivity contribution < 1.29 is 14.3 Å². The predicted octanol–water partition coefficient (Wildman–Crippen LogP) is 4.83. The van der Waals surface area contributed by atoms with E-state index in [-0.39, 0.29) is 32.3 Å². The van der Waals surface area contributed by atoms with E-state index in [4.69, 9.17) is 51.1 Å². The molecule has 1 rings (SSSR count). The molecule has 0 fully saturated rings. The number of hydrogen-bond acceptors (Lipinski definition) is 3. The minimum atomic E-state index is -0.620. The van der Waals surface area contributed by atoms with Crippen molar-refractivity contribution in [2.24, 2.45) is 0 Å². The highest BCUT2D eigenvalue weighted by molar-refractivity contribution is 6.52. The molecule has 0 aliphatic heterocycles. The molecular formula is C12H10Cl4O3. The minimum Gasteiger partial charge on any atom is -0.465 e. The van der Waals surface area contributed by atoms with Crippen molar-refractivity contribution in [1.82, 2.24) is 0 Å². The highest BCUT2D eigenvalue weighted by Crippen LogP contribution is 2.38. The van der Waals surface area contributed by atoms with Gasteiger partial charge in [0.05, 0.1) is 26.7 Å². The first-order valence-corrected chi connectivity index (χ1v) is 6.91. The summed E-state index contributed by atoms with van der Waals surface area (Å²) >= 11 is 23.3. The molecular weight excluding hydrogens is 334 g/mol. The Kier molecular flexibility index (Phi) is 6.40. The van der Waals surface area contributed by atoms with E-state index >= 15 is 0 Å². The average Bonchev–Trinajstić information content (AvgIpc) is 2.37. The van der Waals surface area contributed by atoms with Gasteiger partial charge < -0.3 is 4.74 Å². The van der Waals surface area contributed by atoms with Crippen LogP contribution in [0.25, 0.3) is 0 Å². The average molecular weight is 344 g/mol. The van der Waals surface area contributed by atoms with Crippen LogP contribution < -0.4 is 0 Å². The van der Waals surface area contributed by atoms with Crippen LogP contribution in [0.4, 0.5) is 0 Å². The number of halogens is 4. The molecule has 7 heteroatoms. The molecule has 0 aliphatic carbocycles. The Morgan fingerprint density at radius 3 is 2.32 bits per heavy atom. The Labute approximate surface area is 130 Å². The number of hydrogen-bond donors (Lipinski definition) is 0. The summed E-state index contributed by atoms with van der Waals surface area (Å²) in [6, 6.07) is 1.29. The molecule has 0 saturated heterocycles. The van der Waals surface area contributed by atoms with E-state index in [2.05, 4.69) is 0 Å². The Morgan fingerprint density at radius 1 is 1.11 bits per heavy atom. The van der Waals surface area contributed by atoms with Crippen molar-refractivity contribution in [3.05, 3.63) is 31.7 Å². The Bertz CT molecular complexity index is 514. The monoisotopic (exact) mass is 342 g/mol. The molecule has 3 nitrogen and oxygen atoms in total. The maximum Gasteiger partial charge on any atom is 0.313 e. The van der Waals surface area contributed by atoms with Gasteiger partial charge in [0.25, 0.3) is 0 Å².